The van der Waals surface area contributed by atoms with Gasteiger partial charge in [-0.1, -0.05) is 12.1 Å². The van der Waals surface area contributed by atoms with E-state index in [2.05, 4.69) is 15.2 Å². The molecule has 0 fully saturated rings. The summed E-state index contributed by atoms with van der Waals surface area (Å²) in [6.45, 7) is 3.97. The molecular formula is C17H16FN5O. The molecule has 0 saturated carbocycles. The van der Waals surface area contributed by atoms with Crippen LogP contribution in [0.4, 0.5) is 4.39 Å². The summed E-state index contributed by atoms with van der Waals surface area (Å²) >= 11 is 0. The van der Waals surface area contributed by atoms with Crippen LogP contribution < -0.4 is 0 Å². The molecule has 0 unspecified atom stereocenters. The van der Waals surface area contributed by atoms with Crippen LogP contribution in [0, 0.1) is 5.82 Å². The molecule has 0 radical (unpaired) electrons. The SMILES string of the molecule is CC(C)n1cc(C(=O)C=Cc2ccc(-n3cncn3)c(F)c2)cn1. The molecule has 6 nitrogen and oxygen atoms in total. The van der Waals surface area contributed by atoms with Crippen molar-refractivity contribution >= 4 is 11.9 Å². The molecule has 0 N–H and O–H groups in total. The predicted octanol–water partition coefficient (Wildman–Crippen LogP) is 3.08. The molecular weight excluding hydrogens is 309 g/mol. The fourth-order valence-electron chi connectivity index (χ4n) is 2.16. The van der Waals surface area contributed by atoms with Gasteiger partial charge in [0.15, 0.2) is 5.78 Å². The van der Waals surface area contributed by atoms with E-state index >= 15 is 0 Å². The van der Waals surface area contributed by atoms with Crippen LogP contribution in [-0.2, 0) is 0 Å². The van der Waals surface area contributed by atoms with Gasteiger partial charge in [-0.3, -0.25) is 9.48 Å². The fourth-order valence-corrected chi connectivity index (χ4v) is 2.16. The Labute approximate surface area is 138 Å². The summed E-state index contributed by atoms with van der Waals surface area (Å²) in [7, 11) is 0. The van der Waals surface area contributed by atoms with E-state index in [1.807, 2.05) is 13.8 Å². The molecule has 2 heterocycles. The van der Waals surface area contributed by atoms with Crippen molar-refractivity contribution in [3.05, 3.63) is 66.3 Å². The van der Waals surface area contributed by atoms with Gasteiger partial charge < -0.3 is 0 Å². The molecule has 0 atom stereocenters. The zero-order chi connectivity index (χ0) is 17.1. The van der Waals surface area contributed by atoms with Gasteiger partial charge in [0.25, 0.3) is 0 Å². The highest BCUT2D eigenvalue weighted by Crippen LogP contribution is 2.15. The summed E-state index contributed by atoms with van der Waals surface area (Å²) in [5, 5.41) is 8.02. The molecule has 0 aliphatic carbocycles. The van der Waals surface area contributed by atoms with E-state index in [1.165, 1.54) is 35.7 Å². The second-order valence-electron chi connectivity index (χ2n) is 5.55. The maximum atomic E-state index is 14.1. The zero-order valence-electron chi connectivity index (χ0n) is 13.3. The molecule has 24 heavy (non-hydrogen) atoms. The van der Waals surface area contributed by atoms with Gasteiger partial charge in [0, 0.05) is 12.2 Å². The minimum atomic E-state index is -0.442. The molecule has 2 aromatic heterocycles. The molecule has 0 aliphatic heterocycles. The van der Waals surface area contributed by atoms with Gasteiger partial charge in [-0.15, -0.1) is 0 Å². The maximum absolute atomic E-state index is 14.1. The van der Waals surface area contributed by atoms with Crippen molar-refractivity contribution in [2.24, 2.45) is 0 Å². The van der Waals surface area contributed by atoms with Crippen molar-refractivity contribution in [1.82, 2.24) is 24.5 Å². The third kappa shape index (κ3) is 3.29. The fraction of sp³-hybridized carbons (Fsp3) is 0.176. The number of hydrogen-bond donors (Lipinski definition) is 0. The van der Waals surface area contributed by atoms with Crippen molar-refractivity contribution in [1.29, 1.82) is 0 Å². The number of carbonyl (C=O) groups excluding carboxylic acids is 1. The van der Waals surface area contributed by atoms with Crippen molar-refractivity contribution in [2.45, 2.75) is 19.9 Å². The van der Waals surface area contributed by atoms with E-state index in [9.17, 15) is 9.18 Å². The Morgan fingerprint density at radius 2 is 2.12 bits per heavy atom. The lowest BCUT2D eigenvalue weighted by atomic mass is 10.1. The lowest BCUT2D eigenvalue weighted by Gasteiger charge is -2.03. The first kappa shape index (κ1) is 15.8. The first-order valence-corrected chi connectivity index (χ1v) is 7.45. The third-order valence-corrected chi connectivity index (χ3v) is 3.48. The Hall–Kier alpha value is -3.09. The molecule has 3 aromatic rings. The van der Waals surface area contributed by atoms with Crippen LogP contribution in [0.2, 0.25) is 0 Å². The van der Waals surface area contributed by atoms with Gasteiger partial charge in [-0.2, -0.15) is 10.2 Å². The van der Waals surface area contributed by atoms with Gasteiger partial charge in [-0.05, 0) is 37.6 Å². The van der Waals surface area contributed by atoms with Gasteiger partial charge >= 0.3 is 0 Å². The average Bonchev–Trinajstić information content (AvgIpc) is 3.24. The molecule has 3 rings (SSSR count). The number of carbonyl (C=O) groups is 1. The van der Waals surface area contributed by atoms with E-state index in [0.29, 0.717) is 16.8 Å². The first-order valence-electron chi connectivity index (χ1n) is 7.45. The van der Waals surface area contributed by atoms with Crippen LogP contribution in [0.3, 0.4) is 0 Å². The topological polar surface area (TPSA) is 65.6 Å². The molecule has 0 aliphatic rings. The van der Waals surface area contributed by atoms with Gasteiger partial charge in [0.1, 0.15) is 24.2 Å². The van der Waals surface area contributed by atoms with Crippen LogP contribution in [0.25, 0.3) is 11.8 Å². The molecule has 1 aromatic carbocycles. The number of allylic oxidation sites excluding steroid dienone is 1. The predicted molar refractivity (Wildman–Crippen MR) is 87.3 cm³/mol. The van der Waals surface area contributed by atoms with Crippen molar-refractivity contribution in [2.75, 3.05) is 0 Å². The summed E-state index contributed by atoms with van der Waals surface area (Å²) < 4.78 is 17.2. The second kappa shape index (κ2) is 6.57. The minimum absolute atomic E-state index is 0.178. The number of benzene rings is 1. The van der Waals surface area contributed by atoms with E-state index in [-0.39, 0.29) is 11.8 Å². The zero-order valence-corrected chi connectivity index (χ0v) is 13.3. The molecule has 7 heteroatoms. The number of aromatic nitrogens is 5. The Morgan fingerprint density at radius 3 is 2.75 bits per heavy atom. The maximum Gasteiger partial charge on any atom is 0.189 e. The normalized spacial score (nSPS) is 11.5. The first-order chi connectivity index (χ1) is 11.5. The van der Waals surface area contributed by atoms with Crippen LogP contribution in [0.1, 0.15) is 35.8 Å². The van der Waals surface area contributed by atoms with Gasteiger partial charge in [-0.25, -0.2) is 14.1 Å². The van der Waals surface area contributed by atoms with Crippen LogP contribution in [0.5, 0.6) is 0 Å². The molecule has 0 bridgehead atoms. The van der Waals surface area contributed by atoms with E-state index in [1.54, 1.807) is 29.1 Å². The number of hydrogen-bond acceptors (Lipinski definition) is 4. The summed E-state index contributed by atoms with van der Waals surface area (Å²) in [5.41, 5.74) is 1.38. The van der Waals surface area contributed by atoms with Crippen molar-refractivity contribution in [3.8, 4) is 5.69 Å². The summed E-state index contributed by atoms with van der Waals surface area (Å²) in [6.07, 6.45) is 8.97. The van der Waals surface area contributed by atoms with Crippen LogP contribution >= 0.6 is 0 Å². The van der Waals surface area contributed by atoms with Crippen molar-refractivity contribution < 1.29 is 9.18 Å². The highest BCUT2D eigenvalue weighted by Gasteiger charge is 2.08. The Morgan fingerprint density at radius 1 is 1.29 bits per heavy atom. The Kier molecular flexibility index (Phi) is 4.33. The standard InChI is InChI=1S/C17H16FN5O/c1-12(2)22-9-14(8-20-22)17(24)6-4-13-3-5-16(15(18)7-13)23-11-19-10-21-23/h3-12H,1-2H3. The quantitative estimate of drug-likeness (QED) is 0.534. The lowest BCUT2D eigenvalue weighted by Crippen LogP contribution is -2.00. The third-order valence-electron chi connectivity index (χ3n) is 3.48. The van der Waals surface area contributed by atoms with Crippen LogP contribution in [0.15, 0.2) is 49.3 Å². The lowest BCUT2D eigenvalue weighted by molar-refractivity contribution is 0.104. The Bertz CT molecular complexity index is 880. The molecule has 122 valence electrons. The summed E-state index contributed by atoms with van der Waals surface area (Å²) in [6, 6.07) is 4.83. The van der Waals surface area contributed by atoms with E-state index < -0.39 is 5.82 Å². The number of ketones is 1. The largest absolute Gasteiger partial charge is 0.289 e. The number of rotatable bonds is 5. The van der Waals surface area contributed by atoms with E-state index in [0.717, 1.165) is 0 Å². The highest BCUT2D eigenvalue weighted by atomic mass is 19.1. The Balaban J connectivity index is 1.76. The second-order valence-corrected chi connectivity index (χ2v) is 5.55. The van der Waals surface area contributed by atoms with Gasteiger partial charge in [0.05, 0.1) is 11.8 Å². The molecule has 0 spiro atoms. The smallest absolute Gasteiger partial charge is 0.189 e. The number of nitrogens with zero attached hydrogens (tertiary/aromatic N) is 5. The monoisotopic (exact) mass is 325 g/mol. The average molecular weight is 325 g/mol. The number of halogens is 1. The highest BCUT2D eigenvalue weighted by molar-refractivity contribution is 6.06. The van der Waals surface area contributed by atoms with E-state index in [4.69, 9.17) is 0 Å². The molecule has 0 amide bonds. The minimum Gasteiger partial charge on any atom is -0.289 e. The van der Waals surface area contributed by atoms with Gasteiger partial charge in [0.2, 0.25) is 0 Å². The summed E-state index contributed by atoms with van der Waals surface area (Å²) in [5.74, 6) is -0.620. The molecule has 0 saturated heterocycles. The van der Waals surface area contributed by atoms with Crippen LogP contribution in [-0.4, -0.2) is 30.3 Å². The van der Waals surface area contributed by atoms with Crippen molar-refractivity contribution in [3.63, 3.8) is 0 Å². The summed E-state index contributed by atoms with van der Waals surface area (Å²) in [4.78, 5) is 15.9.